The molecule has 0 amide bonds. The maximum absolute atomic E-state index is 13.0. The van der Waals surface area contributed by atoms with Crippen molar-refractivity contribution in [1.29, 1.82) is 0 Å². The summed E-state index contributed by atoms with van der Waals surface area (Å²) in [6.45, 7) is 4.69. The zero-order valence-corrected chi connectivity index (χ0v) is 19.7. The van der Waals surface area contributed by atoms with Gasteiger partial charge in [-0.05, 0) is 42.7 Å². The number of hydrogen-bond acceptors (Lipinski definition) is 7. The monoisotopic (exact) mass is 506 g/mol. The molecular formula is C22H25F3N8O3. The lowest BCUT2D eigenvalue weighted by atomic mass is 10.1. The summed E-state index contributed by atoms with van der Waals surface area (Å²) in [6.07, 6.45) is -2.40. The Morgan fingerprint density at radius 1 is 1.03 bits per heavy atom. The Labute approximate surface area is 202 Å². The molecule has 0 fully saturated rings. The summed E-state index contributed by atoms with van der Waals surface area (Å²) >= 11 is 0. The molecule has 0 aliphatic heterocycles. The average molecular weight is 506 g/mol. The second kappa shape index (κ2) is 10.3. The number of H-pyrrole nitrogens is 1. The number of aryl methyl sites for hydroxylation is 3. The van der Waals surface area contributed by atoms with Crippen LogP contribution < -0.4 is 16.0 Å². The second-order valence-electron chi connectivity index (χ2n) is 8.29. The van der Waals surface area contributed by atoms with Crippen LogP contribution in [0.2, 0.25) is 0 Å². The maximum atomic E-state index is 13.0. The lowest BCUT2D eigenvalue weighted by Crippen LogP contribution is -2.40. The number of ether oxygens (including phenoxy) is 1. The predicted octanol–water partition coefficient (Wildman–Crippen LogP) is 2.56. The van der Waals surface area contributed by atoms with Crippen molar-refractivity contribution < 1.29 is 17.9 Å². The van der Waals surface area contributed by atoms with E-state index in [0.717, 1.165) is 12.8 Å². The Bertz CT molecular complexity index is 1450. The number of alkyl halides is 3. The highest BCUT2D eigenvalue weighted by Gasteiger charge is 2.31. The van der Waals surface area contributed by atoms with Crippen LogP contribution in [0.15, 0.2) is 33.9 Å². The number of aromatic nitrogens is 8. The minimum atomic E-state index is -4.75. The fourth-order valence-electron chi connectivity index (χ4n) is 3.80. The molecule has 0 spiro atoms. The number of rotatable bonds is 10. The molecule has 0 radical (unpaired) electrons. The SMILES string of the molecule is CCCCn1c(=O)n(CCCn2nnc(Cc3ccc(OC(F)(F)F)cc3)n2)c(=O)c2[nH]c(C)nc21. The molecule has 192 valence electrons. The highest BCUT2D eigenvalue weighted by molar-refractivity contribution is 5.69. The number of aromatic amines is 1. The number of halogens is 3. The molecule has 3 heterocycles. The van der Waals surface area contributed by atoms with Crippen LogP contribution in [0.1, 0.15) is 43.4 Å². The fourth-order valence-corrected chi connectivity index (χ4v) is 3.80. The first-order valence-electron chi connectivity index (χ1n) is 11.5. The molecule has 4 rings (SSSR count). The summed E-state index contributed by atoms with van der Waals surface area (Å²) in [5.74, 6) is 0.634. The highest BCUT2D eigenvalue weighted by Crippen LogP contribution is 2.23. The van der Waals surface area contributed by atoms with Gasteiger partial charge in [0.1, 0.15) is 17.1 Å². The van der Waals surface area contributed by atoms with Crippen LogP contribution in [-0.4, -0.2) is 45.7 Å². The second-order valence-corrected chi connectivity index (χ2v) is 8.29. The van der Waals surface area contributed by atoms with Crippen LogP contribution in [-0.2, 0) is 26.1 Å². The van der Waals surface area contributed by atoms with Crippen molar-refractivity contribution in [3.05, 3.63) is 62.3 Å². The van der Waals surface area contributed by atoms with E-state index in [-0.39, 0.29) is 18.7 Å². The van der Waals surface area contributed by atoms with Crippen LogP contribution in [0.4, 0.5) is 13.2 Å². The molecule has 14 heteroatoms. The molecule has 36 heavy (non-hydrogen) atoms. The number of fused-ring (bicyclic) bond motifs is 1. The van der Waals surface area contributed by atoms with Gasteiger partial charge in [-0.3, -0.25) is 13.9 Å². The Morgan fingerprint density at radius 2 is 1.75 bits per heavy atom. The quantitative estimate of drug-likeness (QED) is 0.350. The molecule has 0 bridgehead atoms. The van der Waals surface area contributed by atoms with E-state index in [4.69, 9.17) is 0 Å². The van der Waals surface area contributed by atoms with Crippen LogP contribution in [0, 0.1) is 6.92 Å². The van der Waals surface area contributed by atoms with Gasteiger partial charge in [0.25, 0.3) is 5.56 Å². The van der Waals surface area contributed by atoms with Gasteiger partial charge in [0.2, 0.25) is 0 Å². The number of imidazole rings is 1. The van der Waals surface area contributed by atoms with E-state index in [1.807, 2.05) is 6.92 Å². The standard InChI is InChI=1S/C22H25F3N8O3/c1-3-4-10-31-19-18(26-14(2)27-19)20(34)32(21(31)35)11-5-12-33-29-17(28-30-33)13-15-6-8-16(9-7-15)36-22(23,24)25/h6-9H,3-5,10-13H2,1-2H3,(H,26,27). The predicted molar refractivity (Wildman–Crippen MR) is 123 cm³/mol. The Balaban J connectivity index is 1.41. The topological polar surface area (TPSA) is 126 Å². The van der Waals surface area contributed by atoms with E-state index in [1.165, 1.54) is 38.2 Å². The first-order chi connectivity index (χ1) is 17.1. The number of nitrogens with one attached hydrogen (secondary N) is 1. The Hall–Kier alpha value is -3.97. The average Bonchev–Trinajstić information content (AvgIpc) is 3.42. The zero-order valence-electron chi connectivity index (χ0n) is 19.7. The molecule has 4 aromatic rings. The molecule has 0 aliphatic rings. The first kappa shape index (κ1) is 25.1. The van der Waals surface area contributed by atoms with Gasteiger partial charge < -0.3 is 9.72 Å². The normalized spacial score (nSPS) is 11.9. The van der Waals surface area contributed by atoms with Crippen molar-refractivity contribution in [1.82, 2.24) is 39.3 Å². The van der Waals surface area contributed by atoms with Gasteiger partial charge in [-0.25, -0.2) is 9.78 Å². The molecule has 1 aromatic carbocycles. The Kier molecular flexibility index (Phi) is 7.22. The first-order valence-corrected chi connectivity index (χ1v) is 11.5. The van der Waals surface area contributed by atoms with Crippen molar-refractivity contribution in [2.45, 2.75) is 65.5 Å². The molecule has 0 atom stereocenters. The van der Waals surface area contributed by atoms with Gasteiger partial charge in [-0.1, -0.05) is 25.5 Å². The summed E-state index contributed by atoms with van der Waals surface area (Å²) in [7, 11) is 0. The van der Waals surface area contributed by atoms with Crippen LogP contribution in [0.25, 0.3) is 11.2 Å². The van der Waals surface area contributed by atoms with E-state index in [0.29, 0.717) is 47.9 Å². The molecule has 0 unspecified atom stereocenters. The van der Waals surface area contributed by atoms with E-state index in [2.05, 4.69) is 30.1 Å². The number of hydrogen-bond donors (Lipinski definition) is 1. The Morgan fingerprint density at radius 3 is 2.44 bits per heavy atom. The van der Waals surface area contributed by atoms with Gasteiger partial charge in [0.05, 0.1) is 6.54 Å². The van der Waals surface area contributed by atoms with Crippen molar-refractivity contribution >= 4 is 11.2 Å². The number of nitrogens with zero attached hydrogens (tertiary/aromatic N) is 7. The zero-order chi connectivity index (χ0) is 25.9. The van der Waals surface area contributed by atoms with E-state index >= 15 is 0 Å². The number of tetrazole rings is 1. The number of benzene rings is 1. The van der Waals surface area contributed by atoms with Gasteiger partial charge in [-0.2, -0.15) is 4.80 Å². The smallest absolute Gasteiger partial charge is 0.406 e. The molecule has 1 N–H and O–H groups in total. The van der Waals surface area contributed by atoms with E-state index in [1.54, 1.807) is 6.92 Å². The maximum Gasteiger partial charge on any atom is 0.573 e. The van der Waals surface area contributed by atoms with Crippen molar-refractivity contribution in [3.63, 3.8) is 0 Å². The summed E-state index contributed by atoms with van der Waals surface area (Å²) < 4.78 is 43.4. The van der Waals surface area contributed by atoms with Gasteiger partial charge in [0, 0.05) is 19.5 Å². The van der Waals surface area contributed by atoms with E-state index < -0.39 is 17.6 Å². The van der Waals surface area contributed by atoms with Crippen molar-refractivity contribution in [2.24, 2.45) is 0 Å². The fraction of sp³-hybridized carbons (Fsp3) is 0.455. The lowest BCUT2D eigenvalue weighted by Gasteiger charge is -2.10. The summed E-state index contributed by atoms with van der Waals surface area (Å²) in [4.78, 5) is 34.5. The van der Waals surface area contributed by atoms with Crippen LogP contribution in [0.3, 0.4) is 0 Å². The minimum Gasteiger partial charge on any atom is -0.406 e. The minimum absolute atomic E-state index is 0.162. The highest BCUT2D eigenvalue weighted by atomic mass is 19.4. The lowest BCUT2D eigenvalue weighted by molar-refractivity contribution is -0.274. The van der Waals surface area contributed by atoms with E-state index in [9.17, 15) is 22.8 Å². The summed E-state index contributed by atoms with van der Waals surface area (Å²) in [5.41, 5.74) is 0.529. The summed E-state index contributed by atoms with van der Waals surface area (Å²) in [6, 6.07) is 5.42. The molecule has 3 aromatic heterocycles. The molecule has 11 nitrogen and oxygen atoms in total. The van der Waals surface area contributed by atoms with Crippen molar-refractivity contribution in [2.75, 3.05) is 0 Å². The van der Waals surface area contributed by atoms with Gasteiger partial charge >= 0.3 is 12.1 Å². The molecular weight excluding hydrogens is 481 g/mol. The van der Waals surface area contributed by atoms with Gasteiger partial charge in [0.15, 0.2) is 11.5 Å². The molecule has 0 saturated heterocycles. The summed E-state index contributed by atoms with van der Waals surface area (Å²) in [5, 5.41) is 12.2. The largest absolute Gasteiger partial charge is 0.573 e. The third-order valence-corrected chi connectivity index (χ3v) is 5.47. The van der Waals surface area contributed by atoms with Crippen LogP contribution in [0.5, 0.6) is 5.75 Å². The third-order valence-electron chi connectivity index (χ3n) is 5.47. The van der Waals surface area contributed by atoms with Crippen molar-refractivity contribution in [3.8, 4) is 5.75 Å². The molecule has 0 aliphatic carbocycles. The number of unbranched alkanes of at least 4 members (excludes halogenated alkanes) is 1. The van der Waals surface area contributed by atoms with Gasteiger partial charge in [-0.15, -0.1) is 23.4 Å². The third kappa shape index (κ3) is 5.80. The van der Waals surface area contributed by atoms with Crippen LogP contribution >= 0.6 is 0 Å². The molecule has 0 saturated carbocycles.